The molecule has 2 aliphatic rings. The van der Waals surface area contributed by atoms with Gasteiger partial charge in [-0.25, -0.2) is 4.39 Å². The number of likely N-dealkylation sites (tertiary alicyclic amines) is 1. The first-order chi connectivity index (χ1) is 11.5. The van der Waals surface area contributed by atoms with Crippen molar-refractivity contribution in [2.24, 2.45) is 0 Å². The number of amides is 1. The fraction of sp³-hybridized carbons (Fsp3) is 0.632. The molecule has 2 saturated heterocycles. The number of morpholine rings is 1. The Hall–Kier alpha value is -1.46. The molecular formula is C19H27FN2O2. The molecule has 2 fully saturated rings. The number of likely N-dealkylation sites (N-methyl/N-ethyl adjacent to an activating group) is 1. The number of hydrogen-bond donors (Lipinski definition) is 0. The Balaban J connectivity index is 1.64. The summed E-state index contributed by atoms with van der Waals surface area (Å²) in [7, 11) is 0. The summed E-state index contributed by atoms with van der Waals surface area (Å²) in [6.07, 6.45) is 2.63. The van der Waals surface area contributed by atoms with Crippen molar-refractivity contribution in [1.29, 1.82) is 0 Å². The predicted octanol–water partition coefficient (Wildman–Crippen LogP) is 2.82. The number of benzene rings is 1. The lowest BCUT2D eigenvalue weighted by Crippen LogP contribution is -2.58. The van der Waals surface area contributed by atoms with Crippen LogP contribution >= 0.6 is 0 Å². The second kappa shape index (κ2) is 7.19. The zero-order chi connectivity index (χ0) is 17.2. The van der Waals surface area contributed by atoms with Crippen LogP contribution in [0.5, 0.6) is 0 Å². The fourth-order valence-electron chi connectivity index (χ4n) is 3.92. The molecule has 0 aliphatic carbocycles. The molecule has 0 aromatic heterocycles. The molecule has 1 aromatic carbocycles. The lowest BCUT2D eigenvalue weighted by atomic mass is 9.91. The van der Waals surface area contributed by atoms with E-state index in [4.69, 9.17) is 4.74 Å². The van der Waals surface area contributed by atoms with Crippen LogP contribution in [0.4, 0.5) is 4.39 Å². The van der Waals surface area contributed by atoms with Crippen molar-refractivity contribution in [1.82, 2.24) is 9.80 Å². The Morgan fingerprint density at radius 2 is 2.00 bits per heavy atom. The number of halogens is 1. The van der Waals surface area contributed by atoms with Crippen LogP contribution in [-0.2, 0) is 16.1 Å². The van der Waals surface area contributed by atoms with Gasteiger partial charge in [0.15, 0.2) is 0 Å². The predicted molar refractivity (Wildman–Crippen MR) is 91.1 cm³/mol. The maximum Gasteiger partial charge on any atom is 0.251 e. The van der Waals surface area contributed by atoms with E-state index in [9.17, 15) is 9.18 Å². The number of hydrogen-bond acceptors (Lipinski definition) is 3. The van der Waals surface area contributed by atoms with Gasteiger partial charge in [-0.2, -0.15) is 0 Å². The Kier molecular flexibility index (Phi) is 5.21. The van der Waals surface area contributed by atoms with Gasteiger partial charge in [0.25, 0.3) is 5.91 Å². The third kappa shape index (κ3) is 3.78. The maximum atomic E-state index is 13.0. The zero-order valence-corrected chi connectivity index (χ0v) is 14.6. The van der Waals surface area contributed by atoms with Gasteiger partial charge >= 0.3 is 0 Å². The molecule has 132 valence electrons. The monoisotopic (exact) mass is 334 g/mol. The van der Waals surface area contributed by atoms with Gasteiger partial charge in [-0.05, 0) is 57.4 Å². The van der Waals surface area contributed by atoms with Gasteiger partial charge in [-0.1, -0.05) is 12.1 Å². The maximum absolute atomic E-state index is 13.0. The summed E-state index contributed by atoms with van der Waals surface area (Å²) in [5.41, 5.74) is 0.927. The van der Waals surface area contributed by atoms with Crippen LogP contribution in [0, 0.1) is 5.82 Å². The molecule has 0 N–H and O–H groups in total. The Labute approximate surface area is 143 Å². The minimum absolute atomic E-state index is 0.107. The molecule has 2 heterocycles. The standard InChI is InChI=1S/C19H27FN2O2/c1-3-22-14-19(24-15(2)18(22)23)9-4-11-21(12-10-19)13-16-5-7-17(20)8-6-16/h5-8,15H,3-4,9-14H2,1-2H3/t15-,19-/m0/s1. The molecule has 2 aliphatic heterocycles. The SMILES string of the molecule is CCN1C[C@@]2(CCCN(Cc3ccc(F)cc3)CC2)O[C@@H](C)C1=O. The highest BCUT2D eigenvalue weighted by Crippen LogP contribution is 2.33. The van der Waals surface area contributed by atoms with E-state index in [1.54, 1.807) is 0 Å². The van der Waals surface area contributed by atoms with Crippen molar-refractivity contribution in [3.8, 4) is 0 Å². The van der Waals surface area contributed by atoms with Crippen molar-refractivity contribution >= 4 is 5.91 Å². The highest BCUT2D eigenvalue weighted by molar-refractivity contribution is 5.81. The van der Waals surface area contributed by atoms with Crippen LogP contribution < -0.4 is 0 Å². The third-order valence-corrected chi connectivity index (χ3v) is 5.26. The number of carbonyl (C=O) groups excluding carboxylic acids is 1. The fourth-order valence-corrected chi connectivity index (χ4v) is 3.92. The number of rotatable bonds is 3. The van der Waals surface area contributed by atoms with Gasteiger partial charge in [0.2, 0.25) is 0 Å². The molecule has 24 heavy (non-hydrogen) atoms. The number of carbonyl (C=O) groups is 1. The molecule has 2 atom stereocenters. The lowest BCUT2D eigenvalue weighted by molar-refractivity contribution is -0.182. The second-order valence-corrected chi connectivity index (χ2v) is 7.05. The minimum Gasteiger partial charge on any atom is -0.360 e. The normalized spacial score (nSPS) is 29.0. The quantitative estimate of drug-likeness (QED) is 0.852. The van der Waals surface area contributed by atoms with Crippen molar-refractivity contribution in [2.45, 2.75) is 51.4 Å². The van der Waals surface area contributed by atoms with Crippen LogP contribution in [0.3, 0.4) is 0 Å². The molecule has 3 rings (SSSR count). The first kappa shape index (κ1) is 17.4. The topological polar surface area (TPSA) is 32.8 Å². The van der Waals surface area contributed by atoms with E-state index in [0.717, 1.165) is 51.0 Å². The van der Waals surface area contributed by atoms with Crippen LogP contribution in [0.2, 0.25) is 0 Å². The summed E-state index contributed by atoms with van der Waals surface area (Å²) < 4.78 is 19.2. The van der Waals surface area contributed by atoms with Gasteiger partial charge in [0, 0.05) is 26.2 Å². The molecule has 1 aromatic rings. The first-order valence-electron chi connectivity index (χ1n) is 8.95. The van der Waals surface area contributed by atoms with Crippen LogP contribution in [0.15, 0.2) is 24.3 Å². The molecule has 0 saturated carbocycles. The summed E-state index contributed by atoms with van der Waals surface area (Å²) >= 11 is 0. The van der Waals surface area contributed by atoms with E-state index in [1.807, 2.05) is 30.9 Å². The van der Waals surface area contributed by atoms with Crippen molar-refractivity contribution in [2.75, 3.05) is 26.2 Å². The average molecular weight is 334 g/mol. The van der Waals surface area contributed by atoms with E-state index in [1.165, 1.54) is 12.1 Å². The van der Waals surface area contributed by atoms with Crippen LogP contribution in [0.25, 0.3) is 0 Å². The second-order valence-electron chi connectivity index (χ2n) is 7.05. The lowest BCUT2D eigenvalue weighted by Gasteiger charge is -2.44. The van der Waals surface area contributed by atoms with E-state index in [-0.39, 0.29) is 23.4 Å². The van der Waals surface area contributed by atoms with Gasteiger partial charge < -0.3 is 9.64 Å². The average Bonchev–Trinajstić information content (AvgIpc) is 2.76. The molecular weight excluding hydrogens is 307 g/mol. The van der Waals surface area contributed by atoms with Crippen LogP contribution in [0.1, 0.15) is 38.7 Å². The highest BCUT2D eigenvalue weighted by atomic mass is 19.1. The van der Waals surface area contributed by atoms with Crippen molar-refractivity contribution < 1.29 is 13.9 Å². The summed E-state index contributed by atoms with van der Waals surface area (Å²) in [5, 5.41) is 0. The molecule has 4 nitrogen and oxygen atoms in total. The van der Waals surface area contributed by atoms with Gasteiger partial charge in [0.1, 0.15) is 11.9 Å². The Morgan fingerprint density at radius 1 is 1.25 bits per heavy atom. The summed E-state index contributed by atoms with van der Waals surface area (Å²) in [6, 6.07) is 6.75. The summed E-state index contributed by atoms with van der Waals surface area (Å²) in [5.74, 6) is -0.0852. The van der Waals surface area contributed by atoms with Crippen LogP contribution in [-0.4, -0.2) is 53.6 Å². The Bertz CT molecular complexity index is 577. The summed E-state index contributed by atoms with van der Waals surface area (Å²) in [4.78, 5) is 16.5. The molecule has 0 radical (unpaired) electrons. The van der Waals surface area contributed by atoms with E-state index >= 15 is 0 Å². The largest absolute Gasteiger partial charge is 0.360 e. The molecule has 1 amide bonds. The van der Waals surface area contributed by atoms with E-state index < -0.39 is 0 Å². The molecule has 1 spiro atoms. The zero-order valence-electron chi connectivity index (χ0n) is 14.6. The highest BCUT2D eigenvalue weighted by Gasteiger charge is 2.43. The third-order valence-electron chi connectivity index (χ3n) is 5.26. The van der Waals surface area contributed by atoms with E-state index in [2.05, 4.69) is 4.90 Å². The van der Waals surface area contributed by atoms with Crippen molar-refractivity contribution in [3.63, 3.8) is 0 Å². The van der Waals surface area contributed by atoms with Gasteiger partial charge in [-0.3, -0.25) is 9.69 Å². The number of ether oxygens (including phenoxy) is 1. The number of nitrogens with zero attached hydrogens (tertiary/aromatic N) is 2. The summed E-state index contributed by atoms with van der Waals surface area (Å²) in [6.45, 7) is 8.13. The Morgan fingerprint density at radius 3 is 2.71 bits per heavy atom. The molecule has 5 heteroatoms. The van der Waals surface area contributed by atoms with E-state index in [0.29, 0.717) is 6.54 Å². The molecule has 0 bridgehead atoms. The smallest absolute Gasteiger partial charge is 0.251 e. The van der Waals surface area contributed by atoms with Crippen molar-refractivity contribution in [3.05, 3.63) is 35.6 Å². The van der Waals surface area contributed by atoms with Gasteiger partial charge in [0.05, 0.1) is 5.60 Å². The molecule has 0 unspecified atom stereocenters. The minimum atomic E-state index is -0.345. The van der Waals surface area contributed by atoms with Gasteiger partial charge in [-0.15, -0.1) is 0 Å². The first-order valence-corrected chi connectivity index (χ1v) is 8.95.